The highest BCUT2D eigenvalue weighted by molar-refractivity contribution is 5.70. The second-order valence-corrected chi connectivity index (χ2v) is 6.23. The maximum Gasteiger partial charge on any atom is 0.412 e. The number of amides is 1. The number of carbonyl (C=O) groups excluding carboxylic acids is 1. The molecule has 0 saturated heterocycles. The van der Waals surface area contributed by atoms with Crippen LogP contribution in [-0.2, 0) is 0 Å². The van der Waals surface area contributed by atoms with Crippen molar-refractivity contribution < 1.29 is 31.5 Å². The first-order chi connectivity index (χ1) is 10.5. The molecule has 3 nitrogen and oxygen atoms in total. The Morgan fingerprint density at radius 1 is 0.913 bits per heavy atom. The molecule has 1 amide bonds. The molecule has 8 heteroatoms. The summed E-state index contributed by atoms with van der Waals surface area (Å²) in [7, 11) is 0. The topological polar surface area (TPSA) is 38.3 Å². The zero-order valence-electron chi connectivity index (χ0n) is 13.0. The lowest BCUT2D eigenvalue weighted by Gasteiger charge is -2.17. The van der Waals surface area contributed by atoms with E-state index in [1.807, 2.05) is 0 Å². The third-order valence-corrected chi connectivity index (χ3v) is 2.99. The van der Waals surface area contributed by atoms with Crippen molar-refractivity contribution in [2.24, 2.45) is 5.41 Å². The normalized spacial score (nSPS) is 11.5. The first-order valence-corrected chi connectivity index (χ1v) is 7.01. The van der Waals surface area contributed by atoms with Crippen molar-refractivity contribution in [3.8, 4) is 5.75 Å². The van der Waals surface area contributed by atoms with Crippen LogP contribution in [0.4, 0.5) is 26.7 Å². The fourth-order valence-electron chi connectivity index (χ4n) is 1.77. The molecular formula is C15H18F5NO2. The SMILES string of the molecule is CC(C)(C)CCCCNC(=O)Oc1c(F)c(F)c(F)c(F)c1F. The molecule has 0 unspecified atom stereocenters. The van der Waals surface area contributed by atoms with Gasteiger partial charge in [0.2, 0.25) is 34.8 Å². The molecule has 0 saturated carbocycles. The molecule has 0 radical (unpaired) electrons. The maximum atomic E-state index is 13.3. The minimum absolute atomic E-state index is 0.135. The van der Waals surface area contributed by atoms with E-state index >= 15 is 0 Å². The second-order valence-electron chi connectivity index (χ2n) is 6.23. The fourth-order valence-corrected chi connectivity index (χ4v) is 1.77. The average molecular weight is 339 g/mol. The van der Waals surface area contributed by atoms with Gasteiger partial charge < -0.3 is 10.1 Å². The predicted octanol–water partition coefficient (Wildman–Crippen LogP) is 4.69. The molecule has 0 aliphatic rings. The molecule has 1 aromatic rings. The first kappa shape index (κ1) is 19.2. The molecule has 0 aromatic heterocycles. The summed E-state index contributed by atoms with van der Waals surface area (Å²) in [6, 6.07) is 0. The van der Waals surface area contributed by atoms with Crippen LogP contribution in [0.5, 0.6) is 5.75 Å². The summed E-state index contributed by atoms with van der Waals surface area (Å²) in [5.74, 6) is -12.6. The standard InChI is InChI=1S/C15H18F5NO2/c1-15(2,3)6-4-5-7-21-14(22)23-13-11(19)9(17)8(16)10(18)12(13)20/h4-7H2,1-3H3,(H,21,22). The number of rotatable bonds is 5. The first-order valence-electron chi connectivity index (χ1n) is 7.01. The quantitative estimate of drug-likeness (QED) is 0.366. The monoisotopic (exact) mass is 339 g/mol. The zero-order chi connectivity index (χ0) is 17.8. The molecule has 0 spiro atoms. The lowest BCUT2D eigenvalue weighted by atomic mass is 9.90. The van der Waals surface area contributed by atoms with Gasteiger partial charge >= 0.3 is 6.09 Å². The number of ether oxygens (including phenoxy) is 1. The Kier molecular flexibility index (Phi) is 6.35. The van der Waals surface area contributed by atoms with Gasteiger partial charge in [0.1, 0.15) is 0 Å². The van der Waals surface area contributed by atoms with Crippen LogP contribution in [0.25, 0.3) is 0 Å². The lowest BCUT2D eigenvalue weighted by Crippen LogP contribution is -2.29. The van der Waals surface area contributed by atoms with E-state index in [2.05, 4.69) is 30.8 Å². The van der Waals surface area contributed by atoms with Gasteiger partial charge in [0.25, 0.3) is 0 Å². The van der Waals surface area contributed by atoms with Crippen LogP contribution in [-0.4, -0.2) is 12.6 Å². The Hall–Kier alpha value is -1.86. The molecule has 1 rings (SSSR count). The molecular weight excluding hydrogens is 321 g/mol. The lowest BCUT2D eigenvalue weighted by molar-refractivity contribution is 0.193. The number of benzene rings is 1. The van der Waals surface area contributed by atoms with Gasteiger partial charge in [-0.15, -0.1) is 0 Å². The number of halogens is 5. The largest absolute Gasteiger partial charge is 0.412 e. The van der Waals surface area contributed by atoms with E-state index in [-0.39, 0.29) is 12.0 Å². The van der Waals surface area contributed by atoms with Crippen LogP contribution in [0.3, 0.4) is 0 Å². The number of nitrogens with one attached hydrogen (secondary N) is 1. The van der Waals surface area contributed by atoms with E-state index in [9.17, 15) is 26.7 Å². The highest BCUT2D eigenvalue weighted by Crippen LogP contribution is 2.29. The molecule has 0 bridgehead atoms. The summed E-state index contributed by atoms with van der Waals surface area (Å²) in [4.78, 5) is 11.4. The molecule has 0 aliphatic carbocycles. The predicted molar refractivity (Wildman–Crippen MR) is 73.6 cm³/mol. The van der Waals surface area contributed by atoms with Crippen molar-refractivity contribution in [3.05, 3.63) is 29.1 Å². The van der Waals surface area contributed by atoms with Crippen molar-refractivity contribution in [1.29, 1.82) is 0 Å². The summed E-state index contributed by atoms with van der Waals surface area (Å²) in [6.45, 7) is 6.32. The van der Waals surface area contributed by atoms with Crippen molar-refractivity contribution in [2.75, 3.05) is 6.54 Å². The van der Waals surface area contributed by atoms with Gasteiger partial charge in [-0.2, -0.15) is 8.78 Å². The van der Waals surface area contributed by atoms with Crippen LogP contribution in [0, 0.1) is 34.5 Å². The maximum absolute atomic E-state index is 13.3. The van der Waals surface area contributed by atoms with Crippen LogP contribution >= 0.6 is 0 Å². The Bertz CT molecular complexity index is 555. The van der Waals surface area contributed by atoms with Crippen molar-refractivity contribution in [3.63, 3.8) is 0 Å². The Morgan fingerprint density at radius 3 is 1.87 bits per heavy atom. The molecule has 0 atom stereocenters. The second kappa shape index (κ2) is 7.61. The third kappa shape index (κ3) is 5.37. The zero-order valence-corrected chi connectivity index (χ0v) is 13.0. The molecule has 0 aliphatic heterocycles. The molecule has 23 heavy (non-hydrogen) atoms. The summed E-state index contributed by atoms with van der Waals surface area (Å²) in [5, 5.41) is 2.19. The van der Waals surface area contributed by atoms with Gasteiger partial charge in [-0.05, 0) is 18.3 Å². The van der Waals surface area contributed by atoms with Gasteiger partial charge in [-0.3, -0.25) is 0 Å². The van der Waals surface area contributed by atoms with Crippen LogP contribution in [0.15, 0.2) is 0 Å². The molecule has 130 valence electrons. The summed E-state index contributed by atoms with van der Waals surface area (Å²) in [6.07, 6.45) is 1.00. The smallest absolute Gasteiger partial charge is 0.404 e. The summed E-state index contributed by atoms with van der Waals surface area (Å²) in [5.41, 5.74) is 0.135. The minimum atomic E-state index is -2.31. The fraction of sp³-hybridized carbons (Fsp3) is 0.533. The molecule has 1 aromatic carbocycles. The summed E-state index contributed by atoms with van der Waals surface area (Å²) < 4.78 is 69.5. The molecule has 0 heterocycles. The third-order valence-electron chi connectivity index (χ3n) is 2.99. The van der Waals surface area contributed by atoms with E-state index in [0.717, 1.165) is 12.8 Å². The molecule has 1 N–H and O–H groups in total. The summed E-state index contributed by atoms with van der Waals surface area (Å²) >= 11 is 0. The van der Waals surface area contributed by atoms with Gasteiger partial charge in [0.05, 0.1) is 0 Å². The number of unbranched alkanes of at least 4 members (excludes halogenated alkanes) is 1. The Morgan fingerprint density at radius 2 is 1.39 bits per heavy atom. The van der Waals surface area contributed by atoms with E-state index in [1.54, 1.807) is 0 Å². The van der Waals surface area contributed by atoms with E-state index < -0.39 is 40.9 Å². The number of carbonyl (C=O) groups is 1. The van der Waals surface area contributed by atoms with Gasteiger partial charge in [0, 0.05) is 6.54 Å². The van der Waals surface area contributed by atoms with Crippen LogP contribution in [0.1, 0.15) is 40.0 Å². The van der Waals surface area contributed by atoms with E-state index in [1.165, 1.54) is 0 Å². The van der Waals surface area contributed by atoms with Gasteiger partial charge in [-0.25, -0.2) is 18.0 Å². The van der Waals surface area contributed by atoms with Crippen molar-refractivity contribution >= 4 is 6.09 Å². The number of hydrogen-bond acceptors (Lipinski definition) is 2. The van der Waals surface area contributed by atoms with Crippen molar-refractivity contribution in [1.82, 2.24) is 5.32 Å². The van der Waals surface area contributed by atoms with Crippen LogP contribution < -0.4 is 10.1 Å². The van der Waals surface area contributed by atoms with Gasteiger partial charge in [-0.1, -0.05) is 27.2 Å². The Balaban J connectivity index is 2.59. The highest BCUT2D eigenvalue weighted by atomic mass is 19.2. The van der Waals surface area contributed by atoms with Crippen LogP contribution in [0.2, 0.25) is 0 Å². The number of hydrogen-bond donors (Lipinski definition) is 1. The van der Waals surface area contributed by atoms with E-state index in [0.29, 0.717) is 6.42 Å². The Labute approximate surface area is 130 Å². The van der Waals surface area contributed by atoms with Gasteiger partial charge in [0.15, 0.2) is 0 Å². The minimum Gasteiger partial charge on any atom is -0.404 e. The average Bonchev–Trinajstić information content (AvgIpc) is 2.46. The highest BCUT2D eigenvalue weighted by Gasteiger charge is 2.28. The van der Waals surface area contributed by atoms with Crippen molar-refractivity contribution in [2.45, 2.75) is 40.0 Å². The molecule has 0 fully saturated rings. The van der Waals surface area contributed by atoms with E-state index in [4.69, 9.17) is 0 Å².